The molecule has 4 aromatic rings. The lowest BCUT2D eigenvalue weighted by molar-refractivity contribution is -0.113. The molecule has 1 amide bonds. The van der Waals surface area contributed by atoms with E-state index in [9.17, 15) is 13.2 Å². The number of aromatic nitrogens is 2. The number of nitrogens with one attached hydrogen (secondary N) is 1. The van der Waals surface area contributed by atoms with Gasteiger partial charge in [-0.25, -0.2) is 18.4 Å². The van der Waals surface area contributed by atoms with Gasteiger partial charge < -0.3 is 5.32 Å². The van der Waals surface area contributed by atoms with Crippen LogP contribution >= 0.6 is 11.8 Å². The number of thioether (sulfide) groups is 1. The summed E-state index contributed by atoms with van der Waals surface area (Å²) in [5.41, 5.74) is 5.30. The van der Waals surface area contributed by atoms with Gasteiger partial charge in [-0.3, -0.25) is 9.10 Å². The summed E-state index contributed by atoms with van der Waals surface area (Å²) in [6.45, 7) is 4.10. The summed E-state index contributed by atoms with van der Waals surface area (Å²) in [6, 6.07) is 22.6. The molecule has 1 aromatic heterocycles. The number of amides is 1. The summed E-state index contributed by atoms with van der Waals surface area (Å²) in [6.07, 6.45) is 1.35. The molecule has 0 saturated carbocycles. The molecule has 5 rings (SSSR count). The van der Waals surface area contributed by atoms with E-state index in [4.69, 9.17) is 0 Å². The molecule has 0 bridgehead atoms. The van der Waals surface area contributed by atoms with Crippen LogP contribution in [0.2, 0.25) is 0 Å². The number of hydrogen-bond donors (Lipinski definition) is 1. The smallest absolute Gasteiger partial charge is 0.268 e. The first-order chi connectivity index (χ1) is 17.3. The highest BCUT2D eigenvalue weighted by Gasteiger charge is 2.36. The van der Waals surface area contributed by atoms with E-state index < -0.39 is 10.0 Å². The summed E-state index contributed by atoms with van der Waals surface area (Å²) in [5.74, 6) is -0.0889. The van der Waals surface area contributed by atoms with Crippen LogP contribution in [-0.4, -0.2) is 30.0 Å². The van der Waals surface area contributed by atoms with Gasteiger partial charge in [0.25, 0.3) is 10.0 Å². The number of sulfonamides is 1. The topological polar surface area (TPSA) is 92.3 Å². The monoisotopic (exact) mass is 516 g/mol. The Morgan fingerprint density at radius 1 is 0.944 bits per heavy atom. The molecule has 1 N–H and O–H groups in total. The zero-order valence-electron chi connectivity index (χ0n) is 19.8. The average molecular weight is 517 g/mol. The first-order valence-electron chi connectivity index (χ1n) is 11.4. The van der Waals surface area contributed by atoms with Gasteiger partial charge in [0.1, 0.15) is 4.90 Å². The Balaban J connectivity index is 1.43. The van der Waals surface area contributed by atoms with Crippen LogP contribution in [0.3, 0.4) is 0 Å². The van der Waals surface area contributed by atoms with E-state index in [2.05, 4.69) is 15.3 Å². The first-order valence-corrected chi connectivity index (χ1v) is 13.8. The summed E-state index contributed by atoms with van der Waals surface area (Å²) in [4.78, 5) is 21.4. The number of hydrogen-bond acceptors (Lipinski definition) is 6. The fourth-order valence-electron chi connectivity index (χ4n) is 4.09. The second-order valence-electron chi connectivity index (χ2n) is 8.47. The lowest BCUT2D eigenvalue weighted by Crippen LogP contribution is -2.34. The Morgan fingerprint density at radius 2 is 1.64 bits per heavy atom. The van der Waals surface area contributed by atoms with Gasteiger partial charge in [0.15, 0.2) is 5.16 Å². The third-order valence-electron chi connectivity index (χ3n) is 6.06. The van der Waals surface area contributed by atoms with Crippen LogP contribution in [-0.2, 0) is 21.4 Å². The van der Waals surface area contributed by atoms with Crippen molar-refractivity contribution in [1.82, 2.24) is 9.97 Å². The highest BCUT2D eigenvalue weighted by Crippen LogP contribution is 2.43. The van der Waals surface area contributed by atoms with Gasteiger partial charge in [0, 0.05) is 11.3 Å². The van der Waals surface area contributed by atoms with Gasteiger partial charge in [0.2, 0.25) is 5.91 Å². The molecule has 0 radical (unpaired) electrons. The number of para-hydroxylation sites is 2. The maximum Gasteiger partial charge on any atom is 0.268 e. The fourth-order valence-corrected chi connectivity index (χ4v) is 6.25. The van der Waals surface area contributed by atoms with E-state index in [1.165, 1.54) is 10.5 Å². The van der Waals surface area contributed by atoms with E-state index in [-0.39, 0.29) is 23.1 Å². The zero-order chi connectivity index (χ0) is 25.3. The van der Waals surface area contributed by atoms with Crippen molar-refractivity contribution in [3.8, 4) is 11.3 Å². The van der Waals surface area contributed by atoms with Gasteiger partial charge in [-0.1, -0.05) is 72.4 Å². The van der Waals surface area contributed by atoms with Crippen LogP contribution in [0.1, 0.15) is 16.7 Å². The van der Waals surface area contributed by atoms with E-state index in [1.807, 2.05) is 80.6 Å². The standard InChI is InChI=1S/C27H24N4O3S2/c1-18-9-3-5-11-20(18)16-31-23-14-8-6-12-21(23)26-24(36(31,33)34)15-28-27(30-26)35-17-25(32)29-22-13-7-4-10-19(22)2/h3-15H,16-17H2,1-2H3,(H,29,32). The maximum absolute atomic E-state index is 13.7. The Labute approximate surface area is 214 Å². The highest BCUT2D eigenvalue weighted by molar-refractivity contribution is 7.99. The minimum Gasteiger partial charge on any atom is -0.325 e. The highest BCUT2D eigenvalue weighted by atomic mass is 32.2. The van der Waals surface area contributed by atoms with Gasteiger partial charge in [0.05, 0.1) is 29.9 Å². The SMILES string of the molecule is Cc1ccccc1CN1c2ccccc2-c2nc(SCC(=O)Nc3ccccc3C)ncc2S1(=O)=O. The number of benzene rings is 3. The molecule has 1 aliphatic rings. The van der Waals surface area contributed by atoms with E-state index in [0.29, 0.717) is 22.1 Å². The normalized spacial score (nSPS) is 13.6. The summed E-state index contributed by atoms with van der Waals surface area (Å²) >= 11 is 1.16. The van der Waals surface area contributed by atoms with Crippen molar-refractivity contribution in [2.45, 2.75) is 30.4 Å². The Hall–Kier alpha value is -3.69. The van der Waals surface area contributed by atoms with Crippen molar-refractivity contribution in [2.75, 3.05) is 15.4 Å². The molecule has 3 aromatic carbocycles. The lowest BCUT2D eigenvalue weighted by atomic mass is 10.1. The number of rotatable bonds is 6. The molecule has 7 nitrogen and oxygen atoms in total. The predicted octanol–water partition coefficient (Wildman–Crippen LogP) is 5.20. The van der Waals surface area contributed by atoms with Crippen LogP contribution in [0.4, 0.5) is 11.4 Å². The number of anilines is 2. The largest absolute Gasteiger partial charge is 0.325 e. The quantitative estimate of drug-likeness (QED) is 0.280. The summed E-state index contributed by atoms with van der Waals surface area (Å²) in [7, 11) is -3.88. The summed E-state index contributed by atoms with van der Waals surface area (Å²) < 4.78 is 28.8. The first kappa shape index (κ1) is 24.0. The van der Waals surface area contributed by atoms with Crippen LogP contribution in [0.15, 0.2) is 89.0 Å². The Morgan fingerprint density at radius 3 is 2.42 bits per heavy atom. The molecule has 2 heterocycles. The minimum atomic E-state index is -3.88. The number of aryl methyl sites for hydroxylation is 2. The second-order valence-corrected chi connectivity index (χ2v) is 11.2. The van der Waals surface area contributed by atoms with E-state index in [0.717, 1.165) is 34.1 Å². The van der Waals surface area contributed by atoms with Crippen LogP contribution in [0, 0.1) is 13.8 Å². The zero-order valence-corrected chi connectivity index (χ0v) is 21.4. The van der Waals surface area contributed by atoms with E-state index in [1.54, 1.807) is 6.07 Å². The second kappa shape index (κ2) is 9.75. The predicted molar refractivity (Wildman–Crippen MR) is 143 cm³/mol. The van der Waals surface area contributed by atoms with Crippen molar-refractivity contribution >= 4 is 39.1 Å². The number of nitrogens with zero attached hydrogens (tertiary/aromatic N) is 3. The van der Waals surface area contributed by atoms with Crippen molar-refractivity contribution in [2.24, 2.45) is 0 Å². The molecular formula is C27H24N4O3S2. The molecule has 0 spiro atoms. The fraction of sp³-hybridized carbons (Fsp3) is 0.148. The molecule has 0 aliphatic carbocycles. The molecular weight excluding hydrogens is 492 g/mol. The van der Waals surface area contributed by atoms with Gasteiger partial charge in [-0.15, -0.1) is 0 Å². The lowest BCUT2D eigenvalue weighted by Gasteiger charge is -2.31. The number of carbonyl (C=O) groups is 1. The van der Waals surface area contributed by atoms with Crippen molar-refractivity contribution in [1.29, 1.82) is 0 Å². The third-order valence-corrected chi connectivity index (χ3v) is 8.68. The number of fused-ring (bicyclic) bond motifs is 3. The number of carbonyl (C=O) groups excluding carboxylic acids is 1. The van der Waals surface area contributed by atoms with Crippen LogP contribution < -0.4 is 9.62 Å². The molecule has 0 saturated heterocycles. The third kappa shape index (κ3) is 4.59. The molecule has 182 valence electrons. The molecule has 0 atom stereocenters. The minimum absolute atomic E-state index is 0.0588. The van der Waals surface area contributed by atoms with Crippen molar-refractivity contribution in [3.63, 3.8) is 0 Å². The van der Waals surface area contributed by atoms with Gasteiger partial charge in [-0.05, 0) is 42.7 Å². The van der Waals surface area contributed by atoms with Crippen LogP contribution in [0.25, 0.3) is 11.3 Å². The Kier molecular flexibility index (Phi) is 6.51. The van der Waals surface area contributed by atoms with Crippen molar-refractivity contribution in [3.05, 3.63) is 95.7 Å². The van der Waals surface area contributed by atoms with E-state index >= 15 is 0 Å². The Bertz CT molecular complexity index is 1570. The molecule has 9 heteroatoms. The maximum atomic E-state index is 13.7. The van der Waals surface area contributed by atoms with Crippen molar-refractivity contribution < 1.29 is 13.2 Å². The molecule has 0 unspecified atom stereocenters. The van der Waals surface area contributed by atoms with Gasteiger partial charge >= 0.3 is 0 Å². The van der Waals surface area contributed by atoms with Gasteiger partial charge in [-0.2, -0.15) is 0 Å². The van der Waals surface area contributed by atoms with Crippen LogP contribution in [0.5, 0.6) is 0 Å². The average Bonchev–Trinajstić information content (AvgIpc) is 2.87. The molecule has 36 heavy (non-hydrogen) atoms. The molecule has 0 fully saturated rings. The molecule has 1 aliphatic heterocycles. The summed E-state index contributed by atoms with van der Waals surface area (Å²) in [5, 5.41) is 3.23.